The van der Waals surface area contributed by atoms with Crippen molar-refractivity contribution < 1.29 is 9.47 Å². The van der Waals surface area contributed by atoms with Crippen molar-refractivity contribution in [1.82, 2.24) is 0 Å². The summed E-state index contributed by atoms with van der Waals surface area (Å²) in [6, 6.07) is 0. The van der Waals surface area contributed by atoms with E-state index in [1.54, 1.807) is 14.2 Å². The average Bonchev–Trinajstić information content (AvgIpc) is 2.18. The maximum Gasteiger partial charge on any atom is 0.213 e. The molecule has 1 rings (SSSR count). The molecular weight excluding hydrogens is 166 g/mol. The highest BCUT2D eigenvalue weighted by molar-refractivity contribution is 5.82. The Labute approximate surface area is 79.9 Å². The third-order valence-corrected chi connectivity index (χ3v) is 3.09. The number of methoxy groups -OCH3 is 2. The van der Waals surface area contributed by atoms with E-state index in [2.05, 4.69) is 6.92 Å². The number of ether oxygens (including phenoxy) is 2. The summed E-state index contributed by atoms with van der Waals surface area (Å²) in [6.07, 6.45) is 4.08. The Morgan fingerprint density at radius 2 is 1.85 bits per heavy atom. The van der Waals surface area contributed by atoms with Gasteiger partial charge in [0.25, 0.3) is 0 Å². The fraction of sp³-hybridized carbons (Fsp3) is 0.900. The Morgan fingerprint density at radius 1 is 1.31 bits per heavy atom. The first-order valence-corrected chi connectivity index (χ1v) is 4.83. The molecule has 0 aliphatic heterocycles. The van der Waals surface area contributed by atoms with Crippen molar-refractivity contribution in [2.45, 2.75) is 38.2 Å². The minimum atomic E-state index is -0.429. The predicted molar refractivity (Wildman–Crippen MR) is 52.1 cm³/mol. The fourth-order valence-electron chi connectivity index (χ4n) is 1.94. The first kappa shape index (κ1) is 10.5. The molecule has 0 heterocycles. The van der Waals surface area contributed by atoms with Crippen LogP contribution in [0.5, 0.6) is 0 Å². The highest BCUT2D eigenvalue weighted by atomic mass is 16.5. The zero-order valence-corrected chi connectivity index (χ0v) is 8.72. The van der Waals surface area contributed by atoms with Crippen molar-refractivity contribution in [2.24, 2.45) is 5.92 Å². The summed E-state index contributed by atoms with van der Waals surface area (Å²) >= 11 is 0. The summed E-state index contributed by atoms with van der Waals surface area (Å²) in [5, 5.41) is 7.70. The molecule has 0 saturated heterocycles. The van der Waals surface area contributed by atoms with Crippen LogP contribution in [0.1, 0.15) is 32.6 Å². The molecule has 0 unspecified atom stereocenters. The van der Waals surface area contributed by atoms with Gasteiger partial charge in [-0.15, -0.1) is 0 Å². The molecule has 1 saturated carbocycles. The summed E-state index contributed by atoms with van der Waals surface area (Å²) in [4.78, 5) is 0. The molecule has 0 aromatic heterocycles. The number of nitrogens with one attached hydrogen (secondary N) is 1. The lowest BCUT2D eigenvalue weighted by Crippen LogP contribution is -2.44. The van der Waals surface area contributed by atoms with Gasteiger partial charge in [-0.25, -0.2) is 0 Å². The molecule has 0 bridgehead atoms. The summed E-state index contributed by atoms with van der Waals surface area (Å²) < 4.78 is 10.4. The van der Waals surface area contributed by atoms with E-state index < -0.39 is 5.60 Å². The monoisotopic (exact) mass is 185 g/mol. The van der Waals surface area contributed by atoms with Crippen molar-refractivity contribution in [3.63, 3.8) is 0 Å². The van der Waals surface area contributed by atoms with Crippen LogP contribution in [-0.2, 0) is 9.47 Å². The third-order valence-electron chi connectivity index (χ3n) is 3.09. The Hall–Kier alpha value is -0.570. The van der Waals surface area contributed by atoms with Crippen LogP contribution in [0.3, 0.4) is 0 Å². The van der Waals surface area contributed by atoms with Gasteiger partial charge >= 0.3 is 0 Å². The van der Waals surface area contributed by atoms with Gasteiger partial charge < -0.3 is 9.47 Å². The van der Waals surface area contributed by atoms with Gasteiger partial charge in [-0.1, -0.05) is 6.92 Å². The second-order valence-corrected chi connectivity index (χ2v) is 3.91. The molecule has 13 heavy (non-hydrogen) atoms. The Bertz CT molecular complexity index is 183. The molecule has 0 radical (unpaired) electrons. The van der Waals surface area contributed by atoms with Gasteiger partial charge in [-0.2, -0.15) is 0 Å². The van der Waals surface area contributed by atoms with E-state index in [-0.39, 0.29) is 5.90 Å². The first-order chi connectivity index (χ1) is 6.14. The summed E-state index contributed by atoms with van der Waals surface area (Å²) in [5.41, 5.74) is -0.429. The molecule has 1 aliphatic carbocycles. The summed E-state index contributed by atoms with van der Waals surface area (Å²) in [6.45, 7) is 2.25. The van der Waals surface area contributed by atoms with Gasteiger partial charge in [0.2, 0.25) is 5.90 Å². The van der Waals surface area contributed by atoms with E-state index in [1.807, 2.05) is 0 Å². The molecule has 0 amide bonds. The minimum Gasteiger partial charge on any atom is -0.482 e. The highest BCUT2D eigenvalue weighted by Crippen LogP contribution is 2.35. The maximum atomic E-state index is 7.70. The lowest BCUT2D eigenvalue weighted by atomic mass is 9.79. The van der Waals surface area contributed by atoms with Crippen LogP contribution in [-0.4, -0.2) is 25.7 Å². The zero-order chi connectivity index (χ0) is 9.90. The van der Waals surface area contributed by atoms with E-state index in [4.69, 9.17) is 14.9 Å². The lowest BCUT2D eigenvalue weighted by molar-refractivity contribution is -0.00768. The minimum absolute atomic E-state index is 0.280. The molecule has 0 spiro atoms. The van der Waals surface area contributed by atoms with Crippen molar-refractivity contribution in [1.29, 1.82) is 5.41 Å². The van der Waals surface area contributed by atoms with Crippen LogP contribution in [0.2, 0.25) is 0 Å². The summed E-state index contributed by atoms with van der Waals surface area (Å²) in [7, 11) is 3.21. The standard InChI is InChI=1S/C10H19NO2/c1-8-4-6-10(13-3,7-5-8)9(11)12-2/h8,11H,4-7H2,1-3H3. The van der Waals surface area contributed by atoms with E-state index in [9.17, 15) is 0 Å². The number of hydrogen-bond acceptors (Lipinski definition) is 3. The fourth-order valence-corrected chi connectivity index (χ4v) is 1.94. The van der Waals surface area contributed by atoms with Crippen LogP contribution < -0.4 is 0 Å². The van der Waals surface area contributed by atoms with Crippen LogP contribution >= 0.6 is 0 Å². The maximum absolute atomic E-state index is 7.70. The van der Waals surface area contributed by atoms with E-state index in [1.165, 1.54) is 0 Å². The van der Waals surface area contributed by atoms with Crippen molar-refractivity contribution in [2.75, 3.05) is 14.2 Å². The third kappa shape index (κ3) is 2.02. The smallest absolute Gasteiger partial charge is 0.213 e. The summed E-state index contributed by atoms with van der Waals surface area (Å²) in [5.74, 6) is 1.04. The van der Waals surface area contributed by atoms with Gasteiger partial charge in [0.1, 0.15) is 5.60 Å². The topological polar surface area (TPSA) is 42.3 Å². The lowest BCUT2D eigenvalue weighted by Gasteiger charge is -2.37. The Morgan fingerprint density at radius 3 is 2.23 bits per heavy atom. The molecular formula is C10H19NO2. The van der Waals surface area contributed by atoms with Crippen molar-refractivity contribution >= 4 is 5.90 Å². The van der Waals surface area contributed by atoms with Crippen LogP contribution in [0.15, 0.2) is 0 Å². The molecule has 1 fully saturated rings. The van der Waals surface area contributed by atoms with Crippen LogP contribution in [0.4, 0.5) is 0 Å². The molecule has 1 aliphatic rings. The van der Waals surface area contributed by atoms with E-state index in [0.717, 1.165) is 31.6 Å². The van der Waals surface area contributed by atoms with Gasteiger partial charge in [0.15, 0.2) is 0 Å². The SMILES string of the molecule is COC(=N)C1(OC)CCC(C)CC1. The average molecular weight is 185 g/mol. The highest BCUT2D eigenvalue weighted by Gasteiger charge is 2.39. The zero-order valence-electron chi connectivity index (χ0n) is 8.72. The molecule has 76 valence electrons. The van der Waals surface area contributed by atoms with E-state index in [0.29, 0.717) is 0 Å². The van der Waals surface area contributed by atoms with Gasteiger partial charge in [-0.05, 0) is 31.6 Å². The molecule has 0 aromatic rings. The molecule has 0 atom stereocenters. The van der Waals surface area contributed by atoms with Gasteiger partial charge in [-0.3, -0.25) is 5.41 Å². The van der Waals surface area contributed by atoms with E-state index >= 15 is 0 Å². The van der Waals surface area contributed by atoms with Crippen molar-refractivity contribution in [3.05, 3.63) is 0 Å². The number of hydrogen-bond donors (Lipinski definition) is 1. The quantitative estimate of drug-likeness (QED) is 0.529. The second-order valence-electron chi connectivity index (χ2n) is 3.91. The Balaban J connectivity index is 2.65. The molecule has 0 aromatic carbocycles. The van der Waals surface area contributed by atoms with Crippen LogP contribution in [0.25, 0.3) is 0 Å². The van der Waals surface area contributed by atoms with Crippen molar-refractivity contribution in [3.8, 4) is 0 Å². The predicted octanol–water partition coefficient (Wildman–Crippen LogP) is 2.21. The van der Waals surface area contributed by atoms with Gasteiger partial charge in [0, 0.05) is 7.11 Å². The number of rotatable bonds is 2. The normalized spacial score (nSPS) is 34.2. The Kier molecular flexibility index (Phi) is 3.31. The first-order valence-electron chi connectivity index (χ1n) is 4.83. The molecule has 3 nitrogen and oxygen atoms in total. The second kappa shape index (κ2) is 4.09. The molecule has 3 heteroatoms. The van der Waals surface area contributed by atoms with Crippen LogP contribution in [0, 0.1) is 11.3 Å². The molecule has 1 N–H and O–H groups in total. The largest absolute Gasteiger partial charge is 0.482 e. The van der Waals surface area contributed by atoms with Gasteiger partial charge in [0.05, 0.1) is 7.11 Å².